The maximum Gasteiger partial charge on any atom is 0.344 e. The summed E-state index contributed by atoms with van der Waals surface area (Å²) in [4.78, 5) is 22.4. The number of aromatic nitrogens is 1. The number of carboxylic acids is 1. The zero-order valence-corrected chi connectivity index (χ0v) is 18.4. The molecule has 1 aromatic carbocycles. The predicted molar refractivity (Wildman–Crippen MR) is 120 cm³/mol. The van der Waals surface area contributed by atoms with Crippen LogP contribution in [0.1, 0.15) is 21.5 Å². The smallest absolute Gasteiger partial charge is 0.344 e. The van der Waals surface area contributed by atoms with E-state index in [0.29, 0.717) is 5.56 Å². The molecule has 4 rings (SSSR count). The summed E-state index contributed by atoms with van der Waals surface area (Å²) >= 11 is 1.54. The van der Waals surface area contributed by atoms with Crippen LogP contribution in [0.3, 0.4) is 0 Å². The number of aromatic carboxylic acids is 1. The van der Waals surface area contributed by atoms with E-state index in [9.17, 15) is 9.90 Å². The molecule has 0 saturated carbocycles. The number of anilines is 1. The van der Waals surface area contributed by atoms with E-state index in [1.807, 2.05) is 27.1 Å². The SMILES string of the molecule is Cc1cc(=[N+]2CCN(C)CC2)c(C(=O)O)c2sc3cc(N(C)C)cc(C)c3nc1-2. The van der Waals surface area contributed by atoms with Gasteiger partial charge in [-0.05, 0) is 44.2 Å². The average molecular weight is 412 g/mol. The second kappa shape index (κ2) is 7.39. The van der Waals surface area contributed by atoms with Crippen LogP contribution >= 0.6 is 11.3 Å². The number of nitrogens with zero attached hydrogens (tertiary/aromatic N) is 4. The molecule has 1 aliphatic carbocycles. The van der Waals surface area contributed by atoms with Crippen LogP contribution in [0, 0.1) is 13.8 Å². The largest absolute Gasteiger partial charge is 0.477 e. The summed E-state index contributed by atoms with van der Waals surface area (Å²) in [5, 5.41) is 11.0. The molecule has 1 fully saturated rings. The van der Waals surface area contributed by atoms with Gasteiger partial charge in [0.25, 0.3) is 0 Å². The Morgan fingerprint density at radius 2 is 1.86 bits per heavy atom. The fourth-order valence-electron chi connectivity index (χ4n) is 3.93. The van der Waals surface area contributed by atoms with E-state index in [1.165, 1.54) is 11.3 Å². The van der Waals surface area contributed by atoms with E-state index >= 15 is 0 Å². The van der Waals surface area contributed by atoms with Crippen LogP contribution in [0.2, 0.25) is 0 Å². The van der Waals surface area contributed by atoms with Crippen molar-refractivity contribution in [3.05, 3.63) is 40.2 Å². The monoisotopic (exact) mass is 411 g/mol. The van der Waals surface area contributed by atoms with Crippen molar-refractivity contribution in [2.24, 2.45) is 0 Å². The van der Waals surface area contributed by atoms with E-state index in [4.69, 9.17) is 4.98 Å². The van der Waals surface area contributed by atoms with Crippen molar-refractivity contribution in [1.29, 1.82) is 0 Å². The van der Waals surface area contributed by atoms with Gasteiger partial charge >= 0.3 is 5.97 Å². The average Bonchev–Trinajstić information content (AvgIpc) is 2.67. The minimum Gasteiger partial charge on any atom is -0.477 e. The van der Waals surface area contributed by atoms with Crippen LogP contribution in [0.5, 0.6) is 0 Å². The van der Waals surface area contributed by atoms with Crippen LogP contribution in [-0.4, -0.2) is 68.3 Å². The summed E-state index contributed by atoms with van der Waals surface area (Å²) in [5.41, 5.74) is 5.33. The van der Waals surface area contributed by atoms with Gasteiger partial charge in [0.1, 0.15) is 5.56 Å². The maximum absolute atomic E-state index is 12.4. The van der Waals surface area contributed by atoms with E-state index in [1.54, 1.807) is 0 Å². The third kappa shape index (κ3) is 3.49. The summed E-state index contributed by atoms with van der Waals surface area (Å²) in [6.07, 6.45) is 0. The molecule has 2 aliphatic heterocycles. The van der Waals surface area contributed by atoms with Crippen molar-refractivity contribution in [1.82, 2.24) is 14.5 Å². The molecule has 0 atom stereocenters. The lowest BCUT2D eigenvalue weighted by atomic mass is 10.0. The first kappa shape index (κ1) is 19.8. The second-order valence-electron chi connectivity index (χ2n) is 8.08. The summed E-state index contributed by atoms with van der Waals surface area (Å²) < 4.78 is 3.22. The molecule has 1 aromatic rings. The first-order chi connectivity index (χ1) is 13.8. The van der Waals surface area contributed by atoms with Gasteiger partial charge in [-0.1, -0.05) is 0 Å². The van der Waals surface area contributed by atoms with Crippen molar-refractivity contribution < 1.29 is 9.90 Å². The fraction of sp³-hybridized carbons (Fsp3) is 0.409. The summed E-state index contributed by atoms with van der Waals surface area (Å²) in [6, 6.07) is 6.23. The Balaban J connectivity index is 2.09. The molecule has 1 N–H and O–H groups in total. The number of fused-ring (bicyclic) bond motifs is 2. The van der Waals surface area contributed by atoms with Gasteiger partial charge in [0.2, 0.25) is 5.36 Å². The van der Waals surface area contributed by atoms with Crippen molar-refractivity contribution in [3.8, 4) is 10.6 Å². The Kier molecular flexibility index (Phi) is 5.04. The van der Waals surface area contributed by atoms with Gasteiger partial charge in [-0.2, -0.15) is 0 Å². The Morgan fingerprint density at radius 1 is 1.17 bits per heavy atom. The molecule has 3 aliphatic rings. The van der Waals surface area contributed by atoms with Gasteiger partial charge < -0.3 is 10.0 Å². The number of carboxylic acid groups (broad SMARTS) is 1. The molecule has 0 bridgehead atoms. The molecule has 0 aromatic heterocycles. The van der Waals surface area contributed by atoms with Crippen LogP contribution in [0.4, 0.5) is 5.69 Å². The third-order valence-corrected chi connectivity index (χ3v) is 6.82. The van der Waals surface area contributed by atoms with E-state index < -0.39 is 5.97 Å². The molecular formula is C22H27N4O2S+. The molecule has 0 unspecified atom stereocenters. The molecule has 0 radical (unpaired) electrons. The number of hydrogen-bond donors (Lipinski definition) is 1. The molecule has 29 heavy (non-hydrogen) atoms. The molecule has 6 nitrogen and oxygen atoms in total. The van der Waals surface area contributed by atoms with Crippen molar-refractivity contribution in [2.45, 2.75) is 13.8 Å². The summed E-state index contributed by atoms with van der Waals surface area (Å²) in [5.74, 6) is -0.887. The lowest BCUT2D eigenvalue weighted by Gasteiger charge is -2.21. The zero-order chi connectivity index (χ0) is 20.9. The molecule has 0 amide bonds. The Labute approximate surface area is 174 Å². The quantitative estimate of drug-likeness (QED) is 0.519. The number of benzene rings is 2. The van der Waals surface area contributed by atoms with Gasteiger partial charge in [-0.25, -0.2) is 14.4 Å². The highest BCUT2D eigenvalue weighted by molar-refractivity contribution is 7.21. The highest BCUT2D eigenvalue weighted by atomic mass is 32.1. The third-order valence-electron chi connectivity index (χ3n) is 5.69. The lowest BCUT2D eigenvalue weighted by Crippen LogP contribution is -2.47. The molecule has 1 saturated heterocycles. The number of likely N-dealkylation sites (N-methyl/N-ethyl adjacent to an activating group) is 1. The number of hydrogen-bond acceptors (Lipinski definition) is 5. The van der Waals surface area contributed by atoms with Gasteiger partial charge in [-0.3, -0.25) is 4.90 Å². The van der Waals surface area contributed by atoms with Crippen LogP contribution in [0.15, 0.2) is 18.2 Å². The predicted octanol–water partition coefficient (Wildman–Crippen LogP) is 2.50. The normalized spacial score (nSPS) is 15.3. The first-order valence-electron chi connectivity index (χ1n) is 9.82. The molecule has 7 heteroatoms. The standard InChI is InChI=1S/C22H26N4O2S/c1-13-10-15(24(3)4)12-17-19(13)23-20-14(2)11-16(18(22(27)28)21(20)29-17)26-8-6-25(5)7-9-26/h10-12H,6-9H2,1-5H3/p+1. The van der Waals surface area contributed by atoms with Gasteiger partial charge in [-0.15, -0.1) is 11.3 Å². The highest BCUT2D eigenvalue weighted by Crippen LogP contribution is 2.37. The van der Waals surface area contributed by atoms with E-state index in [0.717, 1.165) is 69.1 Å². The Morgan fingerprint density at radius 3 is 2.48 bits per heavy atom. The number of piperazine rings is 1. The van der Waals surface area contributed by atoms with Crippen molar-refractivity contribution in [3.63, 3.8) is 0 Å². The number of aryl methyl sites for hydroxylation is 2. The molecule has 2 heterocycles. The highest BCUT2D eigenvalue weighted by Gasteiger charge is 2.27. The van der Waals surface area contributed by atoms with Gasteiger partial charge in [0.05, 0.1) is 33.9 Å². The molecule has 0 spiro atoms. The van der Waals surface area contributed by atoms with Crippen LogP contribution < -0.4 is 14.8 Å². The maximum atomic E-state index is 12.4. The summed E-state index contributed by atoms with van der Waals surface area (Å²) in [6.45, 7) is 7.62. The van der Waals surface area contributed by atoms with Crippen LogP contribution in [0.25, 0.3) is 20.8 Å². The van der Waals surface area contributed by atoms with Gasteiger partial charge in [0, 0.05) is 25.8 Å². The minimum absolute atomic E-state index is 0.377. The molecule has 152 valence electrons. The molecular weight excluding hydrogens is 384 g/mol. The van der Waals surface area contributed by atoms with Gasteiger partial charge in [0.15, 0.2) is 13.1 Å². The number of rotatable bonds is 2. The van der Waals surface area contributed by atoms with E-state index in [2.05, 4.69) is 40.5 Å². The van der Waals surface area contributed by atoms with Crippen LogP contribution in [-0.2, 0) is 0 Å². The van der Waals surface area contributed by atoms with E-state index in [-0.39, 0.29) is 0 Å². The minimum atomic E-state index is -0.887. The van der Waals surface area contributed by atoms with Crippen molar-refractivity contribution in [2.75, 3.05) is 52.2 Å². The summed E-state index contributed by atoms with van der Waals surface area (Å²) in [7, 11) is 6.12. The topological polar surface area (TPSA) is 59.7 Å². The Hall–Kier alpha value is -2.51. The lowest BCUT2D eigenvalue weighted by molar-refractivity contribution is 0.0695. The number of carbonyl (C=O) groups is 1. The Bertz CT molecular complexity index is 1160. The zero-order valence-electron chi connectivity index (χ0n) is 17.6. The fourth-order valence-corrected chi connectivity index (χ4v) is 5.23. The van der Waals surface area contributed by atoms with Crippen molar-refractivity contribution >= 4 is 33.2 Å². The second-order valence-corrected chi connectivity index (χ2v) is 9.13. The first-order valence-corrected chi connectivity index (χ1v) is 10.6.